The van der Waals surface area contributed by atoms with Crippen molar-refractivity contribution in [2.45, 2.75) is 105 Å². The quantitative estimate of drug-likeness (QED) is 0.291. The Morgan fingerprint density at radius 1 is 0.526 bits per heavy atom. The maximum atomic E-state index is 6.02. The Hall–Kier alpha value is -1.47. The molecule has 0 saturated heterocycles. The van der Waals surface area contributed by atoms with Gasteiger partial charge in [0.2, 0.25) is 0 Å². The third-order valence-corrected chi connectivity index (χ3v) is 8.17. The summed E-state index contributed by atoms with van der Waals surface area (Å²) in [4.78, 5) is 0. The molecule has 3 heteroatoms. The van der Waals surface area contributed by atoms with Crippen molar-refractivity contribution in [2.24, 2.45) is 5.92 Å². The minimum atomic E-state index is 0.813. The Morgan fingerprint density at radius 3 is 1.21 bits per heavy atom. The summed E-state index contributed by atoms with van der Waals surface area (Å²) in [6, 6.07) is 19.2. The molecule has 3 aliphatic rings. The van der Waals surface area contributed by atoms with E-state index in [2.05, 4.69) is 54.6 Å². The lowest BCUT2D eigenvalue weighted by atomic mass is 10.1. The van der Waals surface area contributed by atoms with Crippen LogP contribution in [-0.4, -0.2) is 0 Å². The topological polar surface area (TPSA) is 0 Å². The Balaban J connectivity index is 0.000000188. The first-order valence-electron chi connectivity index (χ1n) is 14.6. The summed E-state index contributed by atoms with van der Waals surface area (Å²) in [6.45, 7) is 14.1. The summed E-state index contributed by atoms with van der Waals surface area (Å²) < 4.78 is 0. The molecule has 208 valence electrons. The fourth-order valence-electron chi connectivity index (χ4n) is 3.98. The SMILES string of the molecule is CC.CC.Cc1ccc(C2CC2)cc1Cl.Cc1ccc(C2CC2)cc1Cl.Cc1ccc(CC2CC2)cc1Cl. The molecule has 0 bridgehead atoms. The summed E-state index contributed by atoms with van der Waals surface area (Å²) in [6.07, 6.45) is 9.43. The van der Waals surface area contributed by atoms with Crippen LogP contribution in [0.15, 0.2) is 54.6 Å². The monoisotopic (exact) mass is 572 g/mol. The molecule has 0 aliphatic heterocycles. The third kappa shape index (κ3) is 11.3. The summed E-state index contributed by atoms with van der Waals surface area (Å²) in [5.41, 5.74) is 7.76. The minimum absolute atomic E-state index is 0.813. The second kappa shape index (κ2) is 16.6. The van der Waals surface area contributed by atoms with Gasteiger partial charge < -0.3 is 0 Å². The van der Waals surface area contributed by atoms with Crippen LogP contribution in [0.2, 0.25) is 15.1 Å². The molecule has 3 aromatic carbocycles. The predicted octanol–water partition coefficient (Wildman–Crippen LogP) is 12.7. The number of aryl methyl sites for hydroxylation is 3. The molecule has 3 aromatic rings. The molecule has 0 aromatic heterocycles. The van der Waals surface area contributed by atoms with E-state index in [9.17, 15) is 0 Å². The molecule has 0 unspecified atom stereocenters. The molecule has 0 nitrogen and oxygen atoms in total. The Morgan fingerprint density at radius 2 is 0.895 bits per heavy atom. The van der Waals surface area contributed by atoms with Gasteiger partial charge in [-0.25, -0.2) is 0 Å². The number of hydrogen-bond donors (Lipinski definition) is 0. The van der Waals surface area contributed by atoms with Gasteiger partial charge in [-0.2, -0.15) is 0 Å². The summed E-state index contributed by atoms with van der Waals surface area (Å²) >= 11 is 18.0. The van der Waals surface area contributed by atoms with Crippen molar-refractivity contribution in [3.8, 4) is 0 Å². The van der Waals surface area contributed by atoms with Crippen LogP contribution in [0.5, 0.6) is 0 Å². The van der Waals surface area contributed by atoms with Gasteiger partial charge in [-0.3, -0.25) is 0 Å². The van der Waals surface area contributed by atoms with Crippen LogP contribution in [0.4, 0.5) is 0 Å². The van der Waals surface area contributed by atoms with E-state index in [0.717, 1.165) is 32.8 Å². The highest BCUT2D eigenvalue weighted by Gasteiger charge is 2.24. The van der Waals surface area contributed by atoms with Crippen molar-refractivity contribution in [2.75, 3.05) is 0 Å². The lowest BCUT2D eigenvalue weighted by Crippen LogP contribution is -1.87. The molecule has 0 amide bonds. The highest BCUT2D eigenvalue weighted by Crippen LogP contribution is 2.41. The van der Waals surface area contributed by atoms with E-state index in [4.69, 9.17) is 34.8 Å². The molecule has 3 fully saturated rings. The molecule has 0 radical (unpaired) electrons. The second-order valence-corrected chi connectivity index (χ2v) is 11.5. The van der Waals surface area contributed by atoms with Crippen LogP contribution in [0.3, 0.4) is 0 Å². The normalized spacial score (nSPS) is 15.3. The maximum absolute atomic E-state index is 6.02. The highest BCUT2D eigenvalue weighted by molar-refractivity contribution is 6.32. The van der Waals surface area contributed by atoms with E-state index in [1.807, 2.05) is 48.5 Å². The van der Waals surface area contributed by atoms with E-state index in [0.29, 0.717) is 0 Å². The van der Waals surface area contributed by atoms with E-state index < -0.39 is 0 Å². The van der Waals surface area contributed by atoms with E-state index in [-0.39, 0.29) is 0 Å². The Labute approximate surface area is 248 Å². The van der Waals surface area contributed by atoms with Crippen molar-refractivity contribution in [3.63, 3.8) is 0 Å². The molecule has 0 heterocycles. The lowest BCUT2D eigenvalue weighted by molar-refractivity contribution is 0.832. The molecule has 6 rings (SSSR count). The standard InChI is InChI=1S/C11H13Cl.2C10H11Cl.2C2H6/c1-8-2-3-10(7-11(8)12)6-9-4-5-9;2*1-7-2-3-9(6-10(7)11)8-4-5-8;2*1-2/h2-3,7,9H,4-6H2,1H3;2*2-3,6,8H,4-5H2,1H3;2*1-2H3. The second-order valence-electron chi connectivity index (χ2n) is 10.3. The van der Waals surface area contributed by atoms with Crippen LogP contribution in [0, 0.1) is 26.7 Å². The van der Waals surface area contributed by atoms with Crippen molar-refractivity contribution in [3.05, 3.63) is 103 Å². The lowest BCUT2D eigenvalue weighted by Gasteiger charge is -2.02. The van der Waals surface area contributed by atoms with Gasteiger partial charge in [0.15, 0.2) is 0 Å². The number of hydrogen-bond acceptors (Lipinski definition) is 0. The maximum Gasteiger partial charge on any atom is 0.0438 e. The zero-order valence-corrected chi connectivity index (χ0v) is 26.8. The number of benzene rings is 3. The summed E-state index contributed by atoms with van der Waals surface area (Å²) in [5, 5.41) is 2.73. The number of halogens is 3. The van der Waals surface area contributed by atoms with Crippen LogP contribution in [0.1, 0.15) is 111 Å². The van der Waals surface area contributed by atoms with Crippen molar-refractivity contribution in [1.82, 2.24) is 0 Å². The first-order valence-corrected chi connectivity index (χ1v) is 15.7. The number of rotatable bonds is 4. The third-order valence-electron chi connectivity index (χ3n) is 6.95. The van der Waals surface area contributed by atoms with Crippen molar-refractivity contribution >= 4 is 34.8 Å². The molecule has 0 spiro atoms. The van der Waals surface area contributed by atoms with Gasteiger partial charge in [0.1, 0.15) is 0 Å². The molecule has 0 atom stereocenters. The predicted molar refractivity (Wildman–Crippen MR) is 172 cm³/mol. The Bertz CT molecular complexity index is 1060. The fraction of sp³-hybridized carbons (Fsp3) is 0.486. The first kappa shape index (κ1) is 32.7. The van der Waals surface area contributed by atoms with Gasteiger partial charge in [-0.05, 0) is 135 Å². The van der Waals surface area contributed by atoms with Gasteiger partial charge >= 0.3 is 0 Å². The van der Waals surface area contributed by atoms with Crippen molar-refractivity contribution < 1.29 is 0 Å². The minimum Gasteiger partial charge on any atom is -0.0840 e. The van der Waals surface area contributed by atoms with Gasteiger partial charge in [0.05, 0.1) is 0 Å². The molecule has 3 saturated carbocycles. The molecular formula is C35H47Cl3. The average molecular weight is 574 g/mol. The zero-order valence-electron chi connectivity index (χ0n) is 24.5. The van der Waals surface area contributed by atoms with Crippen LogP contribution in [0.25, 0.3) is 0 Å². The molecule has 38 heavy (non-hydrogen) atoms. The van der Waals surface area contributed by atoms with Crippen LogP contribution >= 0.6 is 34.8 Å². The van der Waals surface area contributed by atoms with Crippen LogP contribution < -0.4 is 0 Å². The van der Waals surface area contributed by atoms with Gasteiger partial charge in [0, 0.05) is 15.1 Å². The largest absolute Gasteiger partial charge is 0.0840 e. The fourth-order valence-corrected chi connectivity index (χ4v) is 4.56. The highest BCUT2D eigenvalue weighted by atomic mass is 35.5. The van der Waals surface area contributed by atoms with Crippen molar-refractivity contribution in [1.29, 1.82) is 0 Å². The van der Waals surface area contributed by atoms with Gasteiger partial charge in [-0.1, -0.05) is 98.9 Å². The molecule has 3 aliphatic carbocycles. The van der Waals surface area contributed by atoms with Gasteiger partial charge in [0.25, 0.3) is 0 Å². The summed E-state index contributed by atoms with van der Waals surface area (Å²) in [7, 11) is 0. The zero-order chi connectivity index (χ0) is 28.2. The van der Waals surface area contributed by atoms with Crippen LogP contribution in [-0.2, 0) is 6.42 Å². The van der Waals surface area contributed by atoms with E-state index >= 15 is 0 Å². The van der Waals surface area contributed by atoms with E-state index in [1.54, 1.807) is 0 Å². The van der Waals surface area contributed by atoms with E-state index in [1.165, 1.54) is 78.3 Å². The summed E-state index contributed by atoms with van der Waals surface area (Å²) in [5.74, 6) is 2.57. The smallest absolute Gasteiger partial charge is 0.0438 e. The molecule has 0 N–H and O–H groups in total. The van der Waals surface area contributed by atoms with Gasteiger partial charge in [-0.15, -0.1) is 0 Å². The molecular weight excluding hydrogens is 527 g/mol. The first-order chi connectivity index (χ1) is 18.3. The average Bonchev–Trinajstić information content (AvgIpc) is 3.78. The Kier molecular flexibility index (Phi) is 14.3.